The maximum absolute atomic E-state index is 5.61. The highest BCUT2D eigenvalue weighted by molar-refractivity contribution is 7.99. The maximum atomic E-state index is 5.61. The minimum Gasteiger partial charge on any atom is -0.271 e. The van der Waals surface area contributed by atoms with Gasteiger partial charge in [0.15, 0.2) is 0 Å². The van der Waals surface area contributed by atoms with Crippen molar-refractivity contribution in [2.75, 3.05) is 11.5 Å². The highest BCUT2D eigenvalue weighted by Crippen LogP contribution is 2.21. The number of nitrogens with one attached hydrogen (secondary N) is 1. The minimum atomic E-state index is 0.186. The average molecular weight is 247 g/mol. The molecule has 1 heterocycles. The quantitative estimate of drug-likeness (QED) is 0.629. The van der Waals surface area contributed by atoms with Crippen LogP contribution in [0.25, 0.3) is 10.9 Å². The second kappa shape index (κ2) is 6.00. The Hall–Kier alpha value is -1.10. The summed E-state index contributed by atoms with van der Waals surface area (Å²) < 4.78 is 0. The predicted octanol–water partition coefficient (Wildman–Crippen LogP) is 2.49. The fourth-order valence-electron chi connectivity index (χ4n) is 1.78. The van der Waals surface area contributed by atoms with Crippen LogP contribution in [0, 0.1) is 0 Å². The topological polar surface area (TPSA) is 50.9 Å². The minimum absolute atomic E-state index is 0.186. The lowest BCUT2D eigenvalue weighted by Gasteiger charge is -2.15. The molecule has 1 atom stereocenters. The Labute approximate surface area is 106 Å². The molecule has 0 bridgehead atoms. The Balaban J connectivity index is 2.27. The van der Waals surface area contributed by atoms with E-state index in [1.165, 1.54) is 5.56 Å². The average Bonchev–Trinajstić information content (AvgIpc) is 2.39. The van der Waals surface area contributed by atoms with E-state index in [0.29, 0.717) is 0 Å². The van der Waals surface area contributed by atoms with Crippen LogP contribution in [0.4, 0.5) is 0 Å². The van der Waals surface area contributed by atoms with Gasteiger partial charge in [0, 0.05) is 17.3 Å². The number of fused-ring (bicyclic) bond motifs is 1. The first-order valence-electron chi connectivity index (χ1n) is 5.73. The number of nitrogens with two attached hydrogens (primary N) is 1. The molecule has 0 spiro atoms. The van der Waals surface area contributed by atoms with Gasteiger partial charge in [-0.25, -0.2) is 0 Å². The summed E-state index contributed by atoms with van der Waals surface area (Å²) in [5.41, 5.74) is 5.08. The molecule has 3 N–H and O–H groups in total. The molecule has 0 radical (unpaired) electrons. The van der Waals surface area contributed by atoms with E-state index in [0.717, 1.165) is 22.4 Å². The van der Waals surface area contributed by atoms with Crippen LogP contribution in [0.2, 0.25) is 0 Å². The van der Waals surface area contributed by atoms with E-state index in [1.54, 1.807) is 0 Å². The van der Waals surface area contributed by atoms with Crippen LogP contribution in [-0.2, 0) is 0 Å². The SMILES string of the molecule is CCSCC(NN)c1ccc2cccnc2c1. The van der Waals surface area contributed by atoms with E-state index in [2.05, 4.69) is 41.6 Å². The molecule has 2 rings (SSSR count). The van der Waals surface area contributed by atoms with Crippen LogP contribution in [0.5, 0.6) is 0 Å². The smallest absolute Gasteiger partial charge is 0.0705 e. The van der Waals surface area contributed by atoms with Gasteiger partial charge >= 0.3 is 0 Å². The summed E-state index contributed by atoms with van der Waals surface area (Å²) in [6.07, 6.45) is 1.82. The van der Waals surface area contributed by atoms with Crippen molar-refractivity contribution in [1.29, 1.82) is 0 Å². The third-order valence-corrected chi connectivity index (χ3v) is 3.70. The highest BCUT2D eigenvalue weighted by atomic mass is 32.2. The van der Waals surface area contributed by atoms with E-state index >= 15 is 0 Å². The molecule has 0 saturated heterocycles. The van der Waals surface area contributed by atoms with E-state index in [-0.39, 0.29) is 6.04 Å². The molecule has 1 aromatic carbocycles. The first-order chi connectivity index (χ1) is 8.35. The monoisotopic (exact) mass is 247 g/mol. The van der Waals surface area contributed by atoms with Gasteiger partial charge in [-0.2, -0.15) is 11.8 Å². The molecule has 0 aliphatic carbocycles. The molecular formula is C13H17N3S. The summed E-state index contributed by atoms with van der Waals surface area (Å²) >= 11 is 1.88. The van der Waals surface area contributed by atoms with Crippen molar-refractivity contribution in [3.8, 4) is 0 Å². The molecule has 0 amide bonds. The molecule has 1 unspecified atom stereocenters. The third kappa shape index (κ3) is 2.97. The Morgan fingerprint density at radius 1 is 1.41 bits per heavy atom. The Morgan fingerprint density at radius 2 is 2.29 bits per heavy atom. The lowest BCUT2D eigenvalue weighted by atomic mass is 10.1. The first-order valence-corrected chi connectivity index (χ1v) is 6.89. The number of hydrogen-bond donors (Lipinski definition) is 2. The second-order valence-electron chi connectivity index (χ2n) is 3.83. The van der Waals surface area contributed by atoms with Crippen molar-refractivity contribution in [2.45, 2.75) is 13.0 Å². The van der Waals surface area contributed by atoms with Crippen molar-refractivity contribution < 1.29 is 0 Å². The normalized spacial score (nSPS) is 12.8. The fourth-order valence-corrected chi connectivity index (χ4v) is 2.54. The summed E-state index contributed by atoms with van der Waals surface area (Å²) in [5.74, 6) is 7.68. The lowest BCUT2D eigenvalue weighted by molar-refractivity contribution is 0.611. The second-order valence-corrected chi connectivity index (χ2v) is 5.15. The molecular weight excluding hydrogens is 230 g/mol. The maximum Gasteiger partial charge on any atom is 0.0705 e. The third-order valence-electron chi connectivity index (χ3n) is 2.72. The van der Waals surface area contributed by atoms with Crippen LogP contribution in [0.15, 0.2) is 36.5 Å². The fraction of sp³-hybridized carbons (Fsp3) is 0.308. The number of nitrogens with zero attached hydrogens (tertiary/aromatic N) is 1. The van der Waals surface area contributed by atoms with Gasteiger partial charge in [0.2, 0.25) is 0 Å². The summed E-state index contributed by atoms with van der Waals surface area (Å²) in [6.45, 7) is 2.15. The molecule has 90 valence electrons. The number of pyridine rings is 1. The Kier molecular flexibility index (Phi) is 4.36. The van der Waals surface area contributed by atoms with E-state index in [9.17, 15) is 0 Å². The number of hydrazine groups is 1. The van der Waals surface area contributed by atoms with Crippen LogP contribution in [0.1, 0.15) is 18.5 Å². The molecule has 0 aliphatic heterocycles. The lowest BCUT2D eigenvalue weighted by Crippen LogP contribution is -2.29. The highest BCUT2D eigenvalue weighted by Gasteiger charge is 2.09. The zero-order chi connectivity index (χ0) is 12.1. The standard InChI is InChI=1S/C13H17N3S/c1-2-17-9-13(16-14)11-6-5-10-4-3-7-15-12(10)8-11/h3-8,13,16H,2,9,14H2,1H3. The largest absolute Gasteiger partial charge is 0.271 e. The summed E-state index contributed by atoms with van der Waals surface area (Å²) in [6, 6.07) is 10.5. The van der Waals surface area contributed by atoms with Crippen molar-refractivity contribution in [2.24, 2.45) is 5.84 Å². The predicted molar refractivity (Wildman–Crippen MR) is 74.8 cm³/mol. The van der Waals surface area contributed by atoms with E-state index in [4.69, 9.17) is 5.84 Å². The van der Waals surface area contributed by atoms with Crippen LogP contribution in [0.3, 0.4) is 0 Å². The molecule has 17 heavy (non-hydrogen) atoms. The Morgan fingerprint density at radius 3 is 3.06 bits per heavy atom. The van der Waals surface area contributed by atoms with Crippen LogP contribution < -0.4 is 11.3 Å². The van der Waals surface area contributed by atoms with Crippen molar-refractivity contribution >= 4 is 22.7 Å². The van der Waals surface area contributed by atoms with Crippen molar-refractivity contribution in [3.05, 3.63) is 42.1 Å². The Bertz CT molecular complexity index is 487. The molecule has 0 fully saturated rings. The van der Waals surface area contributed by atoms with Gasteiger partial charge in [0.05, 0.1) is 11.6 Å². The summed E-state index contributed by atoms with van der Waals surface area (Å²) in [7, 11) is 0. The molecule has 0 saturated carbocycles. The van der Waals surface area contributed by atoms with Crippen LogP contribution >= 0.6 is 11.8 Å². The van der Waals surface area contributed by atoms with Gasteiger partial charge in [-0.05, 0) is 23.4 Å². The number of rotatable bonds is 5. The molecule has 2 aromatic rings. The molecule has 1 aromatic heterocycles. The van der Waals surface area contributed by atoms with Crippen LogP contribution in [-0.4, -0.2) is 16.5 Å². The van der Waals surface area contributed by atoms with E-state index in [1.807, 2.05) is 24.0 Å². The van der Waals surface area contributed by atoms with E-state index < -0.39 is 0 Å². The number of aromatic nitrogens is 1. The van der Waals surface area contributed by atoms with Crippen molar-refractivity contribution in [1.82, 2.24) is 10.4 Å². The molecule has 0 aliphatic rings. The van der Waals surface area contributed by atoms with Gasteiger partial charge in [-0.3, -0.25) is 16.3 Å². The number of hydrogen-bond acceptors (Lipinski definition) is 4. The zero-order valence-electron chi connectivity index (χ0n) is 9.89. The van der Waals surface area contributed by atoms with Crippen molar-refractivity contribution in [3.63, 3.8) is 0 Å². The van der Waals surface area contributed by atoms with Gasteiger partial charge in [0.1, 0.15) is 0 Å². The van der Waals surface area contributed by atoms with Gasteiger partial charge in [0.25, 0.3) is 0 Å². The number of thioether (sulfide) groups is 1. The molecule has 3 nitrogen and oxygen atoms in total. The summed E-state index contributed by atoms with van der Waals surface area (Å²) in [4.78, 5) is 4.36. The molecule has 4 heteroatoms. The summed E-state index contributed by atoms with van der Waals surface area (Å²) in [5, 5.41) is 1.16. The number of benzene rings is 1. The zero-order valence-corrected chi connectivity index (χ0v) is 10.7. The van der Waals surface area contributed by atoms with Gasteiger partial charge in [-0.15, -0.1) is 0 Å². The first kappa shape index (κ1) is 12.4. The van der Waals surface area contributed by atoms with Gasteiger partial charge in [-0.1, -0.05) is 25.1 Å². The van der Waals surface area contributed by atoms with Gasteiger partial charge < -0.3 is 0 Å².